The number of rotatable bonds is 7. The molecule has 0 aliphatic carbocycles. The summed E-state index contributed by atoms with van der Waals surface area (Å²) < 4.78 is 85.8. The van der Waals surface area contributed by atoms with Crippen molar-refractivity contribution in [2.45, 2.75) is 32.1 Å². The minimum atomic E-state index is -5.96. The molecule has 0 spiro atoms. The van der Waals surface area contributed by atoms with Gasteiger partial charge in [-0.15, -0.1) is 0 Å². The first-order valence-electron chi connectivity index (χ1n) is 11.4. The third-order valence-electron chi connectivity index (χ3n) is 5.72. The molecule has 5 rings (SSSR count). The standard InChI is InChI=1S/C24H18F6N8O/c1-2-36-11-14(9-31-36)12-37-13-17(10-32-37)33-22(39)19-8-21-34-18(15-3-5-16(25)6-4-15)7-20(38(21)35-19)23(26,27)24(28,29)30/h3-11,13H,2,12H2,1H3,(H,33,39). The van der Waals surface area contributed by atoms with Crippen LogP contribution >= 0.6 is 0 Å². The lowest BCUT2D eigenvalue weighted by Gasteiger charge is -2.21. The van der Waals surface area contributed by atoms with E-state index in [9.17, 15) is 31.1 Å². The number of hydrogen-bond acceptors (Lipinski definition) is 5. The Labute approximate surface area is 215 Å². The molecule has 0 saturated carbocycles. The molecule has 0 unspecified atom stereocenters. The quantitative estimate of drug-likeness (QED) is 0.292. The van der Waals surface area contributed by atoms with Crippen LogP contribution in [-0.4, -0.2) is 46.2 Å². The predicted octanol–water partition coefficient (Wildman–Crippen LogP) is 4.90. The molecule has 5 aromatic rings. The van der Waals surface area contributed by atoms with E-state index in [-0.39, 0.29) is 21.5 Å². The van der Waals surface area contributed by atoms with Crippen LogP contribution in [0.5, 0.6) is 0 Å². The maximum absolute atomic E-state index is 14.5. The normalized spacial score (nSPS) is 12.3. The Morgan fingerprint density at radius 3 is 2.36 bits per heavy atom. The summed E-state index contributed by atoms with van der Waals surface area (Å²) in [7, 11) is 0. The second-order valence-corrected chi connectivity index (χ2v) is 8.49. The van der Waals surface area contributed by atoms with E-state index in [1.165, 1.54) is 29.2 Å². The number of benzene rings is 1. The van der Waals surface area contributed by atoms with Crippen molar-refractivity contribution in [2.24, 2.45) is 0 Å². The average Bonchev–Trinajstić information content (AvgIpc) is 3.63. The molecule has 1 N–H and O–H groups in total. The van der Waals surface area contributed by atoms with Crippen LogP contribution in [-0.2, 0) is 19.0 Å². The van der Waals surface area contributed by atoms with E-state index < -0.39 is 40.9 Å². The first-order chi connectivity index (χ1) is 18.4. The summed E-state index contributed by atoms with van der Waals surface area (Å²) in [6.07, 6.45) is 0.384. The number of alkyl halides is 5. The van der Waals surface area contributed by atoms with Gasteiger partial charge in [0.25, 0.3) is 5.91 Å². The van der Waals surface area contributed by atoms with Gasteiger partial charge >= 0.3 is 12.1 Å². The van der Waals surface area contributed by atoms with Gasteiger partial charge in [0.1, 0.15) is 11.5 Å². The molecular weight excluding hydrogens is 530 g/mol. The first-order valence-corrected chi connectivity index (χ1v) is 11.4. The molecule has 1 amide bonds. The highest BCUT2D eigenvalue weighted by Crippen LogP contribution is 2.44. The van der Waals surface area contributed by atoms with Gasteiger partial charge in [0.05, 0.1) is 30.3 Å². The van der Waals surface area contributed by atoms with E-state index >= 15 is 0 Å². The van der Waals surface area contributed by atoms with Crippen LogP contribution in [0.3, 0.4) is 0 Å². The Morgan fingerprint density at radius 2 is 1.69 bits per heavy atom. The summed E-state index contributed by atoms with van der Waals surface area (Å²) in [5.41, 5.74) is -1.57. The minimum Gasteiger partial charge on any atom is -0.318 e. The van der Waals surface area contributed by atoms with Crippen molar-refractivity contribution in [3.8, 4) is 11.3 Å². The van der Waals surface area contributed by atoms with E-state index in [2.05, 4.69) is 25.6 Å². The van der Waals surface area contributed by atoms with E-state index in [0.29, 0.717) is 19.2 Å². The SMILES string of the molecule is CCn1cc(Cn2cc(NC(=O)c3cc4nc(-c5ccc(F)cc5)cc(C(F)(F)C(F)(F)F)n4n3)cn2)cn1. The minimum absolute atomic E-state index is 0.0854. The fourth-order valence-corrected chi connectivity index (χ4v) is 3.78. The van der Waals surface area contributed by atoms with Gasteiger partial charge in [-0.1, -0.05) is 0 Å². The van der Waals surface area contributed by atoms with Gasteiger partial charge in [0.2, 0.25) is 0 Å². The van der Waals surface area contributed by atoms with E-state index in [1.54, 1.807) is 10.9 Å². The molecule has 4 heterocycles. The highest BCUT2D eigenvalue weighted by molar-refractivity contribution is 6.03. The van der Waals surface area contributed by atoms with Crippen LogP contribution in [0.15, 0.2) is 61.2 Å². The number of halogens is 6. The van der Waals surface area contributed by atoms with Gasteiger partial charge in [-0.3, -0.25) is 14.2 Å². The van der Waals surface area contributed by atoms with Crippen LogP contribution in [0, 0.1) is 5.82 Å². The number of fused-ring (bicyclic) bond motifs is 1. The van der Waals surface area contributed by atoms with Gasteiger partial charge < -0.3 is 5.32 Å². The van der Waals surface area contributed by atoms with Crippen molar-refractivity contribution in [3.63, 3.8) is 0 Å². The number of nitrogens with zero attached hydrogens (tertiary/aromatic N) is 7. The number of nitrogens with one attached hydrogen (secondary N) is 1. The van der Waals surface area contributed by atoms with Crippen LogP contribution in [0.1, 0.15) is 28.7 Å². The lowest BCUT2D eigenvalue weighted by atomic mass is 10.1. The number of aromatic nitrogens is 7. The number of amides is 1. The first kappa shape index (κ1) is 25.9. The molecule has 15 heteroatoms. The van der Waals surface area contributed by atoms with Crippen molar-refractivity contribution < 1.29 is 31.1 Å². The summed E-state index contributed by atoms with van der Waals surface area (Å²) >= 11 is 0. The monoisotopic (exact) mass is 548 g/mol. The summed E-state index contributed by atoms with van der Waals surface area (Å²) in [6.45, 7) is 2.98. The maximum Gasteiger partial charge on any atom is 0.459 e. The Bertz CT molecular complexity index is 1650. The molecule has 0 aliphatic heterocycles. The molecule has 202 valence electrons. The Hall–Kier alpha value is -4.69. The Morgan fingerprint density at radius 1 is 0.974 bits per heavy atom. The van der Waals surface area contributed by atoms with Crippen molar-refractivity contribution in [1.82, 2.24) is 34.2 Å². The molecule has 1 aromatic carbocycles. The zero-order chi connectivity index (χ0) is 27.9. The zero-order valence-electron chi connectivity index (χ0n) is 20.0. The maximum atomic E-state index is 14.5. The number of hydrogen-bond donors (Lipinski definition) is 1. The third-order valence-corrected chi connectivity index (χ3v) is 5.72. The highest BCUT2D eigenvalue weighted by atomic mass is 19.4. The summed E-state index contributed by atoms with van der Waals surface area (Å²) in [5, 5.41) is 14.5. The predicted molar refractivity (Wildman–Crippen MR) is 126 cm³/mol. The van der Waals surface area contributed by atoms with E-state index in [0.717, 1.165) is 23.8 Å². The fraction of sp³-hybridized carbons (Fsp3) is 0.208. The van der Waals surface area contributed by atoms with Gasteiger partial charge in [-0.05, 0) is 37.3 Å². The van der Waals surface area contributed by atoms with Crippen molar-refractivity contribution >= 4 is 17.2 Å². The number of aryl methyl sites for hydroxylation is 1. The van der Waals surface area contributed by atoms with Gasteiger partial charge in [-0.25, -0.2) is 13.9 Å². The van der Waals surface area contributed by atoms with Gasteiger partial charge in [0.15, 0.2) is 11.3 Å². The molecule has 0 radical (unpaired) electrons. The van der Waals surface area contributed by atoms with Crippen LogP contribution in [0.4, 0.5) is 32.0 Å². The van der Waals surface area contributed by atoms with Gasteiger partial charge in [-0.2, -0.15) is 37.2 Å². The number of anilines is 1. The zero-order valence-corrected chi connectivity index (χ0v) is 20.0. The van der Waals surface area contributed by atoms with Crippen molar-refractivity contribution in [1.29, 1.82) is 0 Å². The second kappa shape index (κ2) is 9.56. The molecule has 4 aromatic heterocycles. The Kier molecular flexibility index (Phi) is 6.36. The second-order valence-electron chi connectivity index (χ2n) is 8.49. The van der Waals surface area contributed by atoms with Gasteiger partial charge in [0, 0.05) is 36.1 Å². The summed E-state index contributed by atoms with van der Waals surface area (Å²) in [5.74, 6) is -6.86. The summed E-state index contributed by atoms with van der Waals surface area (Å²) in [4.78, 5) is 16.9. The lowest BCUT2D eigenvalue weighted by molar-refractivity contribution is -0.291. The van der Waals surface area contributed by atoms with Crippen molar-refractivity contribution in [2.75, 3.05) is 5.32 Å². The molecule has 9 nitrogen and oxygen atoms in total. The highest BCUT2D eigenvalue weighted by Gasteiger charge is 2.60. The van der Waals surface area contributed by atoms with Crippen molar-refractivity contribution in [3.05, 3.63) is 84.0 Å². The molecule has 0 aliphatic rings. The average molecular weight is 548 g/mol. The smallest absolute Gasteiger partial charge is 0.318 e. The lowest BCUT2D eigenvalue weighted by Crippen LogP contribution is -2.36. The van der Waals surface area contributed by atoms with Crippen LogP contribution in [0.25, 0.3) is 16.9 Å². The summed E-state index contributed by atoms with van der Waals surface area (Å²) in [6, 6.07) is 5.86. The molecule has 39 heavy (non-hydrogen) atoms. The molecule has 0 atom stereocenters. The van der Waals surface area contributed by atoms with Crippen LogP contribution in [0.2, 0.25) is 0 Å². The molecular formula is C24H18F6N8O. The molecule has 0 saturated heterocycles. The topological polar surface area (TPSA) is 94.9 Å². The van der Waals surface area contributed by atoms with E-state index in [1.807, 2.05) is 13.1 Å². The van der Waals surface area contributed by atoms with E-state index in [4.69, 9.17) is 0 Å². The molecule has 0 bridgehead atoms. The Balaban J connectivity index is 1.47. The molecule has 0 fully saturated rings. The van der Waals surface area contributed by atoms with Crippen LogP contribution < -0.4 is 5.32 Å². The fourth-order valence-electron chi connectivity index (χ4n) is 3.78. The largest absolute Gasteiger partial charge is 0.459 e. The number of carbonyl (C=O) groups is 1. The third kappa shape index (κ3) is 5.06. The number of carbonyl (C=O) groups excluding carboxylic acids is 1.